The largest absolute Gasteiger partial charge is 0.416 e. The molecule has 9 heteroatoms. The monoisotopic (exact) mass is 393 g/mol. The van der Waals surface area contributed by atoms with Crippen LogP contribution in [0.2, 0.25) is 0 Å². The van der Waals surface area contributed by atoms with Crippen LogP contribution in [0.25, 0.3) is 0 Å². The maximum atomic E-state index is 12.8. The highest BCUT2D eigenvalue weighted by atomic mass is 79.9. The average molecular weight is 394 g/mol. The summed E-state index contributed by atoms with van der Waals surface area (Å²) >= 11 is 3.01. The van der Waals surface area contributed by atoms with Crippen molar-refractivity contribution in [2.45, 2.75) is 6.18 Å². The maximum absolute atomic E-state index is 12.8. The van der Waals surface area contributed by atoms with E-state index < -0.39 is 23.6 Å². The zero-order chi connectivity index (χ0) is 17.8. The van der Waals surface area contributed by atoms with E-state index >= 15 is 0 Å². The normalized spacial score (nSPS) is 10.9. The number of carbonyl (C=O) groups excluding carboxylic acids is 2. The van der Waals surface area contributed by atoms with Gasteiger partial charge in [0.25, 0.3) is 0 Å². The van der Waals surface area contributed by atoms with Crippen molar-refractivity contribution in [3.8, 4) is 0 Å². The third-order valence-corrected chi connectivity index (χ3v) is 2.98. The molecule has 0 aliphatic heterocycles. The van der Waals surface area contributed by atoms with Gasteiger partial charge in [0.1, 0.15) is 0 Å². The molecular weight excluding hydrogens is 379 g/mol. The fraction of sp³-hybridized carbons (Fsp3) is 0.286. The van der Waals surface area contributed by atoms with Crippen molar-refractivity contribution in [2.75, 3.05) is 30.9 Å². The van der Waals surface area contributed by atoms with Gasteiger partial charge in [0.15, 0.2) is 0 Å². The van der Waals surface area contributed by atoms with Crippen LogP contribution in [-0.2, 0) is 15.8 Å². The van der Waals surface area contributed by atoms with E-state index in [2.05, 4.69) is 33.1 Å². The molecule has 1 rings (SSSR count). The van der Waals surface area contributed by atoms with Gasteiger partial charge in [-0.05, 0) is 18.2 Å². The number of nitrogens with one attached hydrogen (secondary N) is 2. The summed E-state index contributed by atoms with van der Waals surface area (Å²) in [5.41, 5.74) is -0.695. The molecular formula is C14H15BrF3N3O2. The lowest BCUT2D eigenvalue weighted by atomic mass is 10.1. The van der Waals surface area contributed by atoms with Crippen molar-refractivity contribution in [1.29, 1.82) is 0 Å². The lowest BCUT2D eigenvalue weighted by Gasteiger charge is -2.19. The first-order valence-electron chi connectivity index (χ1n) is 6.33. The molecule has 0 aromatic heterocycles. The number of rotatable bonds is 4. The van der Waals surface area contributed by atoms with Gasteiger partial charge in [0.05, 0.1) is 16.9 Å². The molecule has 0 bridgehead atoms. The van der Waals surface area contributed by atoms with Gasteiger partial charge in [-0.25, -0.2) is 0 Å². The van der Waals surface area contributed by atoms with E-state index in [9.17, 15) is 22.8 Å². The van der Waals surface area contributed by atoms with Crippen LogP contribution in [0, 0.1) is 0 Å². The molecule has 1 aromatic rings. The molecule has 23 heavy (non-hydrogen) atoms. The van der Waals surface area contributed by atoms with Crippen molar-refractivity contribution in [2.24, 2.45) is 0 Å². The summed E-state index contributed by atoms with van der Waals surface area (Å²) in [6.07, 6.45) is -4.56. The molecule has 0 saturated carbocycles. The Bertz CT molecular complexity index is 630. The van der Waals surface area contributed by atoms with Gasteiger partial charge in [-0.15, -0.1) is 0 Å². The molecule has 0 unspecified atom stereocenters. The Hall–Kier alpha value is -2.03. The highest BCUT2D eigenvalue weighted by Crippen LogP contribution is 2.34. The molecule has 0 fully saturated rings. The number of anilines is 2. The predicted octanol–water partition coefficient (Wildman–Crippen LogP) is 2.73. The molecule has 2 amide bonds. The Kier molecular flexibility index (Phi) is 6.20. The number of benzene rings is 1. The second kappa shape index (κ2) is 7.49. The Morgan fingerprint density at radius 1 is 1.26 bits per heavy atom. The van der Waals surface area contributed by atoms with Gasteiger partial charge in [-0.2, -0.15) is 13.2 Å². The fourth-order valence-electron chi connectivity index (χ4n) is 1.64. The van der Waals surface area contributed by atoms with Crippen LogP contribution in [-0.4, -0.2) is 32.5 Å². The fourth-order valence-corrected chi connectivity index (χ4v) is 1.78. The summed E-state index contributed by atoms with van der Waals surface area (Å²) in [6.45, 7) is 3.51. The maximum Gasteiger partial charge on any atom is 0.416 e. The van der Waals surface area contributed by atoms with Crippen molar-refractivity contribution < 1.29 is 22.8 Å². The molecule has 126 valence electrons. The van der Waals surface area contributed by atoms with E-state index in [1.807, 2.05) is 0 Å². The molecule has 1 aromatic carbocycles. The van der Waals surface area contributed by atoms with Crippen molar-refractivity contribution in [3.63, 3.8) is 0 Å². The minimum atomic E-state index is -4.56. The second-order valence-corrected chi connectivity index (χ2v) is 5.90. The summed E-state index contributed by atoms with van der Waals surface area (Å²) in [6, 6.07) is 2.90. The second-order valence-electron chi connectivity index (χ2n) is 4.78. The van der Waals surface area contributed by atoms with Crippen LogP contribution in [0.15, 0.2) is 29.3 Å². The molecule has 0 aliphatic rings. The van der Waals surface area contributed by atoms with Crippen molar-refractivity contribution >= 4 is 39.1 Å². The van der Waals surface area contributed by atoms with Gasteiger partial charge in [0, 0.05) is 25.1 Å². The Balaban J connectivity index is 3.02. The Morgan fingerprint density at radius 2 is 1.87 bits per heavy atom. The average Bonchev–Trinajstić information content (AvgIpc) is 2.43. The standard InChI is InChI=1S/C14H15BrF3N3O2/c1-8(15)7-19-12(22)13(23)20-10-6-9(14(16,17)18)4-5-11(10)21(2)3/h4-6H,1,7H2,2-3H3,(H,19,22)(H,20,23). The van der Waals surface area contributed by atoms with Gasteiger partial charge in [0.2, 0.25) is 0 Å². The minimum absolute atomic E-state index is 0.0232. The van der Waals surface area contributed by atoms with Gasteiger partial charge in [-0.3, -0.25) is 9.59 Å². The van der Waals surface area contributed by atoms with Gasteiger partial charge < -0.3 is 15.5 Å². The first kappa shape index (κ1) is 19.0. The summed E-state index contributed by atoms with van der Waals surface area (Å²) in [4.78, 5) is 24.9. The van der Waals surface area contributed by atoms with Crippen LogP contribution < -0.4 is 15.5 Å². The number of amides is 2. The summed E-state index contributed by atoms with van der Waals surface area (Å²) in [5.74, 6) is -2.05. The number of alkyl halides is 3. The quantitative estimate of drug-likeness (QED) is 0.773. The Morgan fingerprint density at radius 3 is 2.35 bits per heavy atom. The SMILES string of the molecule is C=C(Br)CNC(=O)C(=O)Nc1cc(C(F)(F)F)ccc1N(C)C. The van der Waals surface area contributed by atoms with E-state index in [1.165, 1.54) is 11.0 Å². The van der Waals surface area contributed by atoms with E-state index in [4.69, 9.17) is 0 Å². The molecule has 5 nitrogen and oxygen atoms in total. The molecule has 0 spiro atoms. The van der Waals surface area contributed by atoms with Crippen LogP contribution in [0.3, 0.4) is 0 Å². The topological polar surface area (TPSA) is 61.4 Å². The van der Waals surface area contributed by atoms with Crippen LogP contribution >= 0.6 is 15.9 Å². The number of hydrogen-bond acceptors (Lipinski definition) is 3. The molecule has 0 radical (unpaired) electrons. The summed E-state index contributed by atoms with van der Waals surface area (Å²) < 4.78 is 38.8. The third-order valence-electron chi connectivity index (χ3n) is 2.70. The number of hydrogen-bond donors (Lipinski definition) is 2. The number of halogens is 4. The van der Waals surface area contributed by atoms with Crippen LogP contribution in [0.4, 0.5) is 24.5 Å². The summed E-state index contributed by atoms with van der Waals surface area (Å²) in [5, 5.41) is 4.45. The van der Waals surface area contributed by atoms with E-state index in [-0.39, 0.29) is 12.2 Å². The number of nitrogens with zero attached hydrogens (tertiary/aromatic N) is 1. The highest BCUT2D eigenvalue weighted by Gasteiger charge is 2.31. The van der Waals surface area contributed by atoms with E-state index in [0.29, 0.717) is 10.2 Å². The molecule has 0 heterocycles. The smallest absolute Gasteiger partial charge is 0.376 e. The molecule has 0 atom stereocenters. The van der Waals surface area contributed by atoms with E-state index in [1.54, 1.807) is 14.1 Å². The van der Waals surface area contributed by atoms with Gasteiger partial charge in [-0.1, -0.05) is 22.5 Å². The molecule has 2 N–H and O–H groups in total. The van der Waals surface area contributed by atoms with Crippen LogP contribution in [0.1, 0.15) is 5.56 Å². The lowest BCUT2D eigenvalue weighted by Crippen LogP contribution is -2.36. The zero-order valence-corrected chi connectivity index (χ0v) is 14.0. The summed E-state index contributed by atoms with van der Waals surface area (Å²) in [7, 11) is 3.21. The first-order chi connectivity index (χ1) is 10.5. The van der Waals surface area contributed by atoms with E-state index in [0.717, 1.165) is 12.1 Å². The minimum Gasteiger partial charge on any atom is -0.376 e. The first-order valence-corrected chi connectivity index (χ1v) is 7.12. The third kappa shape index (κ3) is 5.59. The molecule has 0 aliphatic carbocycles. The lowest BCUT2D eigenvalue weighted by molar-refractivity contribution is -0.137. The number of carbonyl (C=O) groups is 2. The molecule has 0 saturated heterocycles. The van der Waals surface area contributed by atoms with Crippen molar-refractivity contribution in [1.82, 2.24) is 5.32 Å². The Labute approximate surface area is 139 Å². The van der Waals surface area contributed by atoms with Gasteiger partial charge >= 0.3 is 18.0 Å². The van der Waals surface area contributed by atoms with Crippen LogP contribution in [0.5, 0.6) is 0 Å². The zero-order valence-electron chi connectivity index (χ0n) is 12.4. The predicted molar refractivity (Wildman–Crippen MR) is 85.5 cm³/mol. The van der Waals surface area contributed by atoms with Crippen molar-refractivity contribution in [3.05, 3.63) is 34.8 Å². The highest BCUT2D eigenvalue weighted by molar-refractivity contribution is 9.11.